The summed E-state index contributed by atoms with van der Waals surface area (Å²) in [6, 6.07) is 0. The molecule has 7 nitrogen and oxygen atoms in total. The molecule has 11 heteroatoms. The highest BCUT2D eigenvalue weighted by Crippen LogP contribution is 2.25. The molecule has 20 heavy (non-hydrogen) atoms. The lowest BCUT2D eigenvalue weighted by molar-refractivity contribution is -0.144. The lowest BCUT2D eigenvalue weighted by atomic mass is 10.4. The number of hydrogen-bond acceptors (Lipinski definition) is 4. The molecule has 1 aromatic rings. The Bertz CT molecular complexity index is 457. The van der Waals surface area contributed by atoms with Crippen LogP contribution in [0.5, 0.6) is 0 Å². The summed E-state index contributed by atoms with van der Waals surface area (Å²) in [5, 5.41) is 5.26. The fourth-order valence-corrected chi connectivity index (χ4v) is 1.54. The number of nitrogens with zero attached hydrogens (tertiary/aromatic N) is 4. The Balaban J connectivity index is 0.00000200. The molecule has 1 aromatic heterocycles. The number of rotatable bonds is 2. The standard InChI is InChI=1S/C9H13F3N6O.HI/c10-9(11,12)7-15-6(16-17-7)5-14-8(13)18-1-3-19-4-2-18;/h1-5H2,(H2,13,14)(H,15,16,17);1H. The minimum Gasteiger partial charge on any atom is -0.378 e. The van der Waals surface area contributed by atoms with E-state index in [0.717, 1.165) is 0 Å². The maximum Gasteiger partial charge on any atom is 0.453 e. The Kier molecular flexibility index (Phi) is 5.98. The topological polar surface area (TPSA) is 92.4 Å². The van der Waals surface area contributed by atoms with Gasteiger partial charge in [-0.2, -0.15) is 13.2 Å². The molecule has 1 saturated heterocycles. The lowest BCUT2D eigenvalue weighted by Crippen LogP contribution is -2.44. The number of hydrogen-bond donors (Lipinski definition) is 2. The van der Waals surface area contributed by atoms with Crippen LogP contribution in [0.1, 0.15) is 11.6 Å². The average Bonchev–Trinajstić information content (AvgIpc) is 2.86. The average molecular weight is 406 g/mol. The zero-order valence-electron chi connectivity index (χ0n) is 10.4. The van der Waals surface area contributed by atoms with Gasteiger partial charge < -0.3 is 15.4 Å². The van der Waals surface area contributed by atoms with Crippen molar-refractivity contribution in [1.82, 2.24) is 20.1 Å². The molecule has 0 bridgehead atoms. The lowest BCUT2D eigenvalue weighted by Gasteiger charge is -2.27. The molecular weight excluding hydrogens is 392 g/mol. The number of halogens is 4. The van der Waals surface area contributed by atoms with Gasteiger partial charge in [-0.25, -0.2) is 9.98 Å². The van der Waals surface area contributed by atoms with E-state index in [1.165, 1.54) is 0 Å². The van der Waals surface area contributed by atoms with E-state index in [9.17, 15) is 13.2 Å². The molecule has 0 atom stereocenters. The predicted molar refractivity (Wildman–Crippen MR) is 74.5 cm³/mol. The third-order valence-electron chi connectivity index (χ3n) is 2.51. The van der Waals surface area contributed by atoms with Crippen LogP contribution < -0.4 is 5.73 Å². The minimum absolute atomic E-state index is 0. The second-order valence-electron chi connectivity index (χ2n) is 3.88. The van der Waals surface area contributed by atoms with Crippen LogP contribution in [0, 0.1) is 0 Å². The number of aromatic amines is 1. The van der Waals surface area contributed by atoms with Crippen molar-refractivity contribution in [2.75, 3.05) is 26.3 Å². The molecule has 1 fully saturated rings. The van der Waals surface area contributed by atoms with Crippen molar-refractivity contribution in [3.63, 3.8) is 0 Å². The Morgan fingerprint density at radius 2 is 2.05 bits per heavy atom. The molecule has 0 aliphatic carbocycles. The zero-order chi connectivity index (χ0) is 13.9. The number of nitrogens with two attached hydrogens (primary N) is 1. The van der Waals surface area contributed by atoms with Crippen molar-refractivity contribution < 1.29 is 17.9 Å². The number of morpholine rings is 1. The first-order valence-corrected chi connectivity index (χ1v) is 5.58. The molecule has 114 valence electrons. The molecule has 0 amide bonds. The second-order valence-corrected chi connectivity index (χ2v) is 3.88. The van der Waals surface area contributed by atoms with Crippen molar-refractivity contribution in [2.45, 2.75) is 12.7 Å². The van der Waals surface area contributed by atoms with E-state index >= 15 is 0 Å². The normalized spacial score (nSPS) is 16.9. The number of aromatic nitrogens is 3. The monoisotopic (exact) mass is 406 g/mol. The highest BCUT2D eigenvalue weighted by atomic mass is 127. The summed E-state index contributed by atoms with van der Waals surface area (Å²) in [4.78, 5) is 9.07. The number of alkyl halides is 3. The van der Waals surface area contributed by atoms with Gasteiger partial charge in [-0.15, -0.1) is 29.1 Å². The molecule has 0 spiro atoms. The van der Waals surface area contributed by atoms with E-state index in [1.54, 1.807) is 4.90 Å². The van der Waals surface area contributed by atoms with Crippen LogP contribution in [-0.4, -0.2) is 52.3 Å². The van der Waals surface area contributed by atoms with Crippen molar-refractivity contribution in [2.24, 2.45) is 10.7 Å². The third kappa shape index (κ3) is 4.47. The Morgan fingerprint density at radius 3 is 2.60 bits per heavy atom. The van der Waals surface area contributed by atoms with Gasteiger partial charge in [-0.3, -0.25) is 5.10 Å². The maximum atomic E-state index is 12.3. The first-order valence-electron chi connectivity index (χ1n) is 5.58. The van der Waals surface area contributed by atoms with Crippen molar-refractivity contribution in [3.8, 4) is 0 Å². The van der Waals surface area contributed by atoms with Gasteiger partial charge in [0.25, 0.3) is 5.82 Å². The van der Waals surface area contributed by atoms with Gasteiger partial charge in [-0.1, -0.05) is 0 Å². The first kappa shape index (κ1) is 16.9. The number of nitrogens with one attached hydrogen (secondary N) is 1. The quantitative estimate of drug-likeness (QED) is 0.426. The van der Waals surface area contributed by atoms with Gasteiger partial charge in [0.2, 0.25) is 0 Å². The summed E-state index contributed by atoms with van der Waals surface area (Å²) < 4.78 is 41.9. The van der Waals surface area contributed by atoms with E-state index in [2.05, 4.69) is 20.2 Å². The molecule has 2 heterocycles. The molecule has 0 unspecified atom stereocenters. The van der Waals surface area contributed by atoms with E-state index in [0.29, 0.717) is 26.3 Å². The first-order chi connectivity index (χ1) is 8.97. The molecule has 0 radical (unpaired) electrons. The van der Waals surface area contributed by atoms with Crippen LogP contribution in [0.4, 0.5) is 13.2 Å². The van der Waals surface area contributed by atoms with E-state index < -0.39 is 12.0 Å². The molecule has 3 N–H and O–H groups in total. The van der Waals surface area contributed by atoms with Crippen LogP contribution in [0.2, 0.25) is 0 Å². The van der Waals surface area contributed by atoms with Crippen LogP contribution >= 0.6 is 24.0 Å². The molecule has 0 aromatic carbocycles. The second kappa shape index (κ2) is 7.06. The Hall–Kier alpha value is -1.11. The smallest absolute Gasteiger partial charge is 0.378 e. The molecule has 1 aliphatic heterocycles. The van der Waals surface area contributed by atoms with Crippen LogP contribution in [-0.2, 0) is 17.5 Å². The molecular formula is C9H14F3IN6O. The summed E-state index contributed by atoms with van der Waals surface area (Å²) in [6.45, 7) is 2.25. The van der Waals surface area contributed by atoms with Gasteiger partial charge in [-0.05, 0) is 0 Å². The van der Waals surface area contributed by atoms with Gasteiger partial charge in [0.15, 0.2) is 5.96 Å². The number of aliphatic imine (C=N–C) groups is 1. The number of ether oxygens (including phenoxy) is 1. The van der Waals surface area contributed by atoms with Crippen LogP contribution in [0.3, 0.4) is 0 Å². The Labute approximate surface area is 129 Å². The van der Waals surface area contributed by atoms with Crippen molar-refractivity contribution in [1.29, 1.82) is 0 Å². The van der Waals surface area contributed by atoms with Gasteiger partial charge in [0.05, 0.1) is 13.2 Å². The summed E-state index contributed by atoms with van der Waals surface area (Å²) >= 11 is 0. The van der Waals surface area contributed by atoms with Gasteiger partial charge in [0.1, 0.15) is 12.4 Å². The van der Waals surface area contributed by atoms with Crippen LogP contribution in [0.25, 0.3) is 0 Å². The number of guanidine groups is 1. The molecule has 1 aliphatic rings. The predicted octanol–water partition coefficient (Wildman–Crippen LogP) is 0.588. The third-order valence-corrected chi connectivity index (χ3v) is 2.51. The van der Waals surface area contributed by atoms with E-state index in [4.69, 9.17) is 10.5 Å². The highest BCUT2D eigenvalue weighted by molar-refractivity contribution is 14.0. The van der Waals surface area contributed by atoms with E-state index in [1.807, 2.05) is 0 Å². The highest BCUT2D eigenvalue weighted by Gasteiger charge is 2.35. The van der Waals surface area contributed by atoms with Crippen molar-refractivity contribution in [3.05, 3.63) is 11.6 Å². The number of H-pyrrole nitrogens is 1. The summed E-state index contributed by atoms with van der Waals surface area (Å²) in [5.74, 6) is -0.931. The summed E-state index contributed by atoms with van der Waals surface area (Å²) in [6.07, 6.45) is -4.56. The summed E-state index contributed by atoms with van der Waals surface area (Å²) in [5.41, 5.74) is 5.72. The fourth-order valence-electron chi connectivity index (χ4n) is 1.54. The fraction of sp³-hybridized carbons (Fsp3) is 0.667. The van der Waals surface area contributed by atoms with Gasteiger partial charge in [0, 0.05) is 13.1 Å². The largest absolute Gasteiger partial charge is 0.453 e. The van der Waals surface area contributed by atoms with Gasteiger partial charge >= 0.3 is 6.18 Å². The minimum atomic E-state index is -4.56. The van der Waals surface area contributed by atoms with Crippen molar-refractivity contribution >= 4 is 29.9 Å². The maximum absolute atomic E-state index is 12.3. The Morgan fingerprint density at radius 1 is 1.40 bits per heavy atom. The zero-order valence-corrected chi connectivity index (χ0v) is 12.7. The van der Waals surface area contributed by atoms with Crippen LogP contribution in [0.15, 0.2) is 4.99 Å². The molecule has 2 rings (SSSR count). The SMILES string of the molecule is I.NC(=NCc1nc(C(F)(F)F)n[nH]1)N1CCOCC1. The summed E-state index contributed by atoms with van der Waals surface area (Å²) in [7, 11) is 0. The van der Waals surface area contributed by atoms with E-state index in [-0.39, 0.29) is 42.3 Å². The molecule has 0 saturated carbocycles.